The van der Waals surface area contributed by atoms with Crippen LogP contribution in [0.4, 0.5) is 0 Å². The van der Waals surface area contributed by atoms with Gasteiger partial charge in [-0.2, -0.15) is 0 Å². The van der Waals surface area contributed by atoms with Crippen molar-refractivity contribution >= 4 is 13.5 Å². The van der Waals surface area contributed by atoms with Gasteiger partial charge in [-0.3, -0.25) is 0 Å². The van der Waals surface area contributed by atoms with Crippen LogP contribution in [0, 0.1) is 11.8 Å². The van der Waals surface area contributed by atoms with Crippen molar-refractivity contribution in [1.29, 1.82) is 0 Å². The van der Waals surface area contributed by atoms with Gasteiger partial charge in [-0.05, 0) is 23.9 Å². The van der Waals surface area contributed by atoms with Gasteiger partial charge in [0.25, 0.3) is 0 Å². The Kier molecular flexibility index (Phi) is 5.56. The van der Waals surface area contributed by atoms with Crippen molar-refractivity contribution in [2.75, 3.05) is 6.61 Å². The quantitative estimate of drug-likeness (QED) is 0.464. The summed E-state index contributed by atoms with van der Waals surface area (Å²) >= 11 is 0. The molecule has 1 atom stereocenters. The molecule has 2 aromatic carbocycles. The first-order valence-corrected chi connectivity index (χ1v) is 9.60. The fourth-order valence-corrected chi connectivity index (χ4v) is 3.93. The Labute approximate surface area is 128 Å². The molecular weight excluding hydrogens is 272 g/mol. The lowest BCUT2D eigenvalue weighted by Gasteiger charge is -2.23. The maximum atomic E-state index is 6.12. The van der Waals surface area contributed by atoms with Crippen LogP contribution < -0.4 is 5.19 Å². The number of hydrogen-bond acceptors (Lipinski definition) is 1. The van der Waals surface area contributed by atoms with Gasteiger partial charge < -0.3 is 4.43 Å². The van der Waals surface area contributed by atoms with E-state index in [-0.39, 0.29) is 0 Å². The van der Waals surface area contributed by atoms with Crippen molar-refractivity contribution in [3.8, 4) is 11.8 Å². The molecular formula is C19H20OSi. The largest absolute Gasteiger partial charge is 0.408 e. The highest BCUT2D eigenvalue weighted by Gasteiger charge is 2.27. The normalized spacial score (nSPS) is 12.8. The van der Waals surface area contributed by atoms with Gasteiger partial charge in [0.15, 0.2) is 0 Å². The number of benzene rings is 2. The van der Waals surface area contributed by atoms with Crippen LogP contribution in [0.5, 0.6) is 0 Å². The molecule has 106 valence electrons. The molecule has 0 saturated carbocycles. The summed E-state index contributed by atoms with van der Waals surface area (Å²) in [6.45, 7) is 6.77. The van der Waals surface area contributed by atoms with Crippen LogP contribution in [0.3, 0.4) is 0 Å². The standard InChI is InChI=1S/C19H20OSi/c1-3-21(2,19-15-8-5-9-16-19)20-17-11-10-14-18-12-6-4-7-13-18/h3-9,12-13,15-16H,1,11,17H2,2H3. The molecule has 0 spiro atoms. The summed E-state index contributed by atoms with van der Waals surface area (Å²) in [6.07, 6.45) is 0.734. The molecule has 1 nitrogen and oxygen atoms in total. The molecule has 2 aromatic rings. The van der Waals surface area contributed by atoms with E-state index in [1.807, 2.05) is 54.2 Å². The monoisotopic (exact) mass is 292 g/mol. The Morgan fingerprint density at radius 2 is 1.67 bits per heavy atom. The minimum atomic E-state index is -2.03. The summed E-state index contributed by atoms with van der Waals surface area (Å²) in [4.78, 5) is 0. The Hall–Kier alpha value is -2.08. The minimum Gasteiger partial charge on any atom is -0.408 e. The third kappa shape index (κ3) is 4.46. The predicted molar refractivity (Wildman–Crippen MR) is 91.8 cm³/mol. The van der Waals surface area contributed by atoms with Crippen LogP contribution in [0.25, 0.3) is 0 Å². The molecule has 0 fully saturated rings. The topological polar surface area (TPSA) is 9.23 Å². The van der Waals surface area contributed by atoms with Crippen molar-refractivity contribution in [2.24, 2.45) is 0 Å². The smallest absolute Gasteiger partial charge is 0.245 e. The fourth-order valence-electron chi connectivity index (χ4n) is 2.03. The molecule has 0 radical (unpaired) electrons. The first-order chi connectivity index (χ1) is 10.2. The van der Waals surface area contributed by atoms with Crippen molar-refractivity contribution in [3.63, 3.8) is 0 Å². The summed E-state index contributed by atoms with van der Waals surface area (Å²) in [5, 5.41) is 1.25. The van der Waals surface area contributed by atoms with E-state index in [1.54, 1.807) is 0 Å². The Morgan fingerprint density at radius 1 is 1.05 bits per heavy atom. The van der Waals surface area contributed by atoms with Crippen LogP contribution in [0.1, 0.15) is 12.0 Å². The second-order valence-electron chi connectivity index (χ2n) is 4.94. The highest BCUT2D eigenvalue weighted by molar-refractivity contribution is 6.89. The molecule has 0 amide bonds. The Bertz CT molecular complexity index is 625. The molecule has 0 N–H and O–H groups in total. The second kappa shape index (κ2) is 7.63. The summed E-state index contributed by atoms with van der Waals surface area (Å²) in [5.74, 6) is 6.31. The van der Waals surface area contributed by atoms with Gasteiger partial charge in [-0.25, -0.2) is 0 Å². The first kappa shape index (κ1) is 15.3. The molecule has 0 aliphatic carbocycles. The average Bonchev–Trinajstić information content (AvgIpc) is 2.56. The zero-order chi connectivity index (χ0) is 15.0. The van der Waals surface area contributed by atoms with Crippen LogP contribution >= 0.6 is 0 Å². The first-order valence-electron chi connectivity index (χ1n) is 7.11. The van der Waals surface area contributed by atoms with Gasteiger partial charge in [0.1, 0.15) is 0 Å². The van der Waals surface area contributed by atoms with Crippen LogP contribution in [0.15, 0.2) is 72.9 Å². The third-order valence-electron chi connectivity index (χ3n) is 3.37. The molecule has 0 aliphatic heterocycles. The van der Waals surface area contributed by atoms with Crippen LogP contribution in [0.2, 0.25) is 6.55 Å². The highest BCUT2D eigenvalue weighted by atomic mass is 28.4. The van der Waals surface area contributed by atoms with E-state index in [4.69, 9.17) is 4.43 Å². The Balaban J connectivity index is 1.90. The van der Waals surface area contributed by atoms with Gasteiger partial charge in [0.2, 0.25) is 8.32 Å². The SMILES string of the molecule is C=C[Si](C)(OCCC#Cc1ccccc1)c1ccccc1. The lowest BCUT2D eigenvalue weighted by molar-refractivity contribution is 0.329. The summed E-state index contributed by atoms with van der Waals surface area (Å²) < 4.78 is 6.12. The van der Waals surface area contributed by atoms with E-state index in [0.29, 0.717) is 6.61 Å². The lowest BCUT2D eigenvalue weighted by Crippen LogP contribution is -2.46. The summed E-state index contributed by atoms with van der Waals surface area (Å²) in [6, 6.07) is 20.4. The van der Waals surface area contributed by atoms with Gasteiger partial charge in [-0.15, -0.1) is 6.58 Å². The molecule has 2 heteroatoms. The molecule has 0 aliphatic rings. The van der Waals surface area contributed by atoms with E-state index in [0.717, 1.165) is 12.0 Å². The van der Waals surface area contributed by atoms with Gasteiger partial charge in [0.05, 0.1) is 0 Å². The van der Waals surface area contributed by atoms with Gasteiger partial charge in [-0.1, -0.05) is 66.1 Å². The van der Waals surface area contributed by atoms with Crippen LogP contribution in [-0.4, -0.2) is 14.9 Å². The fraction of sp³-hybridized carbons (Fsp3) is 0.158. The maximum absolute atomic E-state index is 6.12. The van der Waals surface area contributed by atoms with Crippen molar-refractivity contribution in [3.05, 3.63) is 78.5 Å². The summed E-state index contributed by atoms with van der Waals surface area (Å²) in [7, 11) is -2.03. The van der Waals surface area contributed by atoms with E-state index in [2.05, 4.69) is 37.1 Å². The minimum absolute atomic E-state index is 0.642. The molecule has 2 rings (SSSR count). The molecule has 21 heavy (non-hydrogen) atoms. The Morgan fingerprint density at radius 3 is 2.29 bits per heavy atom. The highest BCUT2D eigenvalue weighted by Crippen LogP contribution is 2.07. The summed E-state index contributed by atoms with van der Waals surface area (Å²) in [5.41, 5.74) is 3.02. The average molecular weight is 292 g/mol. The van der Waals surface area contributed by atoms with E-state index < -0.39 is 8.32 Å². The zero-order valence-corrected chi connectivity index (χ0v) is 13.4. The number of hydrogen-bond donors (Lipinski definition) is 0. The molecule has 1 unspecified atom stereocenters. The van der Waals surface area contributed by atoms with Gasteiger partial charge >= 0.3 is 0 Å². The number of rotatable bonds is 5. The zero-order valence-electron chi connectivity index (χ0n) is 12.4. The van der Waals surface area contributed by atoms with E-state index in [1.165, 1.54) is 5.19 Å². The van der Waals surface area contributed by atoms with Crippen molar-refractivity contribution in [1.82, 2.24) is 0 Å². The predicted octanol–water partition coefficient (Wildman–Crippen LogP) is 3.65. The molecule has 0 saturated heterocycles. The molecule has 0 bridgehead atoms. The van der Waals surface area contributed by atoms with Gasteiger partial charge in [0, 0.05) is 18.6 Å². The van der Waals surface area contributed by atoms with Crippen LogP contribution in [-0.2, 0) is 4.43 Å². The maximum Gasteiger partial charge on any atom is 0.245 e. The van der Waals surface area contributed by atoms with Crippen molar-refractivity contribution < 1.29 is 4.43 Å². The second-order valence-corrected chi connectivity index (χ2v) is 8.43. The molecule has 0 aromatic heterocycles. The van der Waals surface area contributed by atoms with E-state index in [9.17, 15) is 0 Å². The molecule has 0 heterocycles. The van der Waals surface area contributed by atoms with Crippen molar-refractivity contribution in [2.45, 2.75) is 13.0 Å². The third-order valence-corrected chi connectivity index (χ3v) is 6.43. The lowest BCUT2D eigenvalue weighted by atomic mass is 10.2. The van der Waals surface area contributed by atoms with E-state index >= 15 is 0 Å².